The number of nitro groups is 1. The predicted octanol–water partition coefficient (Wildman–Crippen LogP) is 4.69. The van der Waals surface area contributed by atoms with Crippen molar-refractivity contribution in [1.82, 2.24) is 5.32 Å². The zero-order valence-electron chi connectivity index (χ0n) is 19.1. The van der Waals surface area contributed by atoms with Gasteiger partial charge in [-0.15, -0.1) is 0 Å². The molecule has 38 heavy (non-hydrogen) atoms. The van der Waals surface area contributed by atoms with Gasteiger partial charge in [0.25, 0.3) is 23.4 Å². The van der Waals surface area contributed by atoms with Crippen LogP contribution >= 0.6 is 27.5 Å². The van der Waals surface area contributed by atoms with Crippen LogP contribution in [0.25, 0.3) is 6.08 Å². The molecule has 13 heteroatoms. The molecule has 1 aliphatic heterocycles. The molecule has 3 aromatic carbocycles. The topological polar surface area (TPSA) is 148 Å². The van der Waals surface area contributed by atoms with Gasteiger partial charge in [0, 0.05) is 12.1 Å². The predicted molar refractivity (Wildman–Crippen MR) is 142 cm³/mol. The third-order valence-corrected chi connectivity index (χ3v) is 6.14. The molecule has 1 aliphatic rings. The molecule has 0 aromatic heterocycles. The minimum Gasteiger partial charge on any atom is -0.483 e. The quantitative estimate of drug-likeness (QED) is 0.173. The van der Waals surface area contributed by atoms with Crippen molar-refractivity contribution in [3.8, 4) is 5.75 Å². The molecule has 1 fully saturated rings. The smallest absolute Gasteiger partial charge is 0.335 e. The minimum absolute atomic E-state index is 0.0523. The summed E-state index contributed by atoms with van der Waals surface area (Å²) in [6.45, 7) is -0.308. The van der Waals surface area contributed by atoms with Crippen LogP contribution in [-0.4, -0.2) is 35.3 Å². The van der Waals surface area contributed by atoms with Crippen LogP contribution in [0.3, 0.4) is 0 Å². The summed E-state index contributed by atoms with van der Waals surface area (Å²) < 4.78 is 5.98. The van der Waals surface area contributed by atoms with Crippen molar-refractivity contribution in [1.29, 1.82) is 0 Å². The molecule has 2 N–H and O–H groups in total. The van der Waals surface area contributed by atoms with Crippen molar-refractivity contribution in [3.63, 3.8) is 0 Å². The number of amides is 5. The van der Waals surface area contributed by atoms with Crippen LogP contribution in [0.15, 0.2) is 76.8 Å². The van der Waals surface area contributed by atoms with Gasteiger partial charge in [-0.3, -0.25) is 29.8 Å². The van der Waals surface area contributed by atoms with Crippen molar-refractivity contribution in [2.75, 3.05) is 16.8 Å². The van der Waals surface area contributed by atoms with Gasteiger partial charge in [0.05, 0.1) is 25.8 Å². The van der Waals surface area contributed by atoms with Gasteiger partial charge in [0.2, 0.25) is 0 Å². The molecule has 1 saturated heterocycles. The number of nitro benzene ring substituents is 1. The Kier molecular flexibility index (Phi) is 7.84. The average molecular weight is 600 g/mol. The van der Waals surface area contributed by atoms with E-state index < -0.39 is 28.7 Å². The Bertz CT molecular complexity index is 1510. The molecule has 4 rings (SSSR count). The van der Waals surface area contributed by atoms with E-state index in [1.807, 2.05) is 0 Å². The molecule has 0 radical (unpaired) electrons. The highest BCUT2D eigenvalue weighted by Gasteiger charge is 2.37. The maximum absolute atomic E-state index is 13.0. The number of imide groups is 2. The molecule has 0 saturated carbocycles. The number of rotatable bonds is 7. The maximum atomic E-state index is 13.0. The highest BCUT2D eigenvalue weighted by Crippen LogP contribution is 2.29. The lowest BCUT2D eigenvalue weighted by Crippen LogP contribution is -2.54. The summed E-state index contributed by atoms with van der Waals surface area (Å²) in [5.41, 5.74) is 0.361. The first kappa shape index (κ1) is 26.5. The number of ether oxygens (including phenoxy) is 1. The number of para-hydroxylation sites is 1. The molecule has 5 amide bonds. The number of halogens is 2. The van der Waals surface area contributed by atoms with E-state index in [-0.39, 0.29) is 23.6 Å². The van der Waals surface area contributed by atoms with Crippen molar-refractivity contribution in [2.24, 2.45) is 0 Å². The lowest BCUT2D eigenvalue weighted by atomic mass is 10.1. The summed E-state index contributed by atoms with van der Waals surface area (Å²) >= 11 is 9.37. The lowest BCUT2D eigenvalue weighted by Gasteiger charge is -2.26. The molecule has 11 nitrogen and oxygen atoms in total. The monoisotopic (exact) mass is 598 g/mol. The van der Waals surface area contributed by atoms with Gasteiger partial charge < -0.3 is 10.1 Å². The second-order valence-corrected chi connectivity index (χ2v) is 9.00. The number of anilines is 2. The highest BCUT2D eigenvalue weighted by atomic mass is 79.9. The zero-order valence-corrected chi connectivity index (χ0v) is 21.5. The zero-order chi connectivity index (χ0) is 27.4. The van der Waals surface area contributed by atoms with Crippen LogP contribution < -0.4 is 20.3 Å². The molecule has 0 atom stereocenters. The third kappa shape index (κ3) is 5.88. The molecule has 0 aliphatic carbocycles. The fourth-order valence-corrected chi connectivity index (χ4v) is 4.09. The number of nitrogens with one attached hydrogen (secondary N) is 2. The van der Waals surface area contributed by atoms with E-state index in [2.05, 4.69) is 26.6 Å². The Balaban J connectivity index is 1.48. The number of carbonyl (C=O) groups excluding carboxylic acids is 4. The maximum Gasteiger partial charge on any atom is 0.335 e. The number of non-ortho nitro benzene ring substituents is 1. The number of barbiturate groups is 1. The molecule has 3 aromatic rings. The number of nitrogens with zero attached hydrogens (tertiary/aromatic N) is 2. The normalized spacial score (nSPS) is 14.3. The summed E-state index contributed by atoms with van der Waals surface area (Å²) in [5, 5.41) is 16.0. The van der Waals surface area contributed by atoms with Gasteiger partial charge in [-0.2, -0.15) is 0 Å². The van der Waals surface area contributed by atoms with Crippen molar-refractivity contribution in [2.45, 2.75) is 0 Å². The van der Waals surface area contributed by atoms with Crippen LogP contribution in [0, 0.1) is 10.1 Å². The number of hydrogen-bond acceptors (Lipinski definition) is 7. The van der Waals surface area contributed by atoms with Gasteiger partial charge in [0.1, 0.15) is 11.3 Å². The summed E-state index contributed by atoms with van der Waals surface area (Å²) in [5.74, 6) is -1.91. The number of hydrogen-bond donors (Lipinski definition) is 2. The number of benzene rings is 3. The average Bonchev–Trinajstić information content (AvgIpc) is 2.87. The third-order valence-electron chi connectivity index (χ3n) is 5.19. The van der Waals surface area contributed by atoms with E-state index in [0.717, 1.165) is 12.1 Å². The van der Waals surface area contributed by atoms with Crippen molar-refractivity contribution in [3.05, 3.63) is 97.5 Å². The molecule has 0 unspecified atom stereocenters. The van der Waals surface area contributed by atoms with E-state index in [1.54, 1.807) is 36.4 Å². The highest BCUT2D eigenvalue weighted by molar-refractivity contribution is 9.10. The van der Waals surface area contributed by atoms with Crippen molar-refractivity contribution < 1.29 is 28.8 Å². The van der Waals surface area contributed by atoms with E-state index in [1.165, 1.54) is 24.3 Å². The van der Waals surface area contributed by atoms with Crippen LogP contribution in [0.2, 0.25) is 5.02 Å². The second kappa shape index (κ2) is 11.2. The standard InChI is InChI=1S/C25H16BrClN4O7/c26-18-12-14(5-10-21(18)38-13-22(32)28-20-4-2-1-3-19(20)27)11-17-23(33)29-25(35)30(24(17)34)15-6-8-16(9-7-15)31(36)37/h1-12H,13H2,(H,28,32)(H,29,33,35)/b17-11-. The Hall–Kier alpha value is -4.55. The fraction of sp³-hybridized carbons (Fsp3) is 0.0400. The number of carbonyl (C=O) groups is 4. The van der Waals surface area contributed by atoms with Gasteiger partial charge in [0.15, 0.2) is 6.61 Å². The first-order chi connectivity index (χ1) is 18.1. The van der Waals surface area contributed by atoms with E-state index in [4.69, 9.17) is 16.3 Å². The van der Waals surface area contributed by atoms with Gasteiger partial charge in [-0.05, 0) is 64.0 Å². The van der Waals surface area contributed by atoms with E-state index in [0.29, 0.717) is 31.4 Å². The molecule has 192 valence electrons. The Morgan fingerprint density at radius 3 is 2.47 bits per heavy atom. The van der Waals surface area contributed by atoms with Crippen LogP contribution in [0.5, 0.6) is 5.75 Å². The Labute approximate surface area is 228 Å². The summed E-state index contributed by atoms with van der Waals surface area (Å²) in [4.78, 5) is 61.0. The first-order valence-corrected chi connectivity index (χ1v) is 11.9. The minimum atomic E-state index is -0.981. The molecular weight excluding hydrogens is 584 g/mol. The second-order valence-electron chi connectivity index (χ2n) is 7.74. The van der Waals surface area contributed by atoms with Crippen LogP contribution in [0.1, 0.15) is 5.56 Å². The van der Waals surface area contributed by atoms with Gasteiger partial charge in [-0.25, -0.2) is 9.69 Å². The largest absolute Gasteiger partial charge is 0.483 e. The van der Waals surface area contributed by atoms with Crippen molar-refractivity contribution >= 4 is 74.4 Å². The molecule has 1 heterocycles. The fourth-order valence-electron chi connectivity index (χ4n) is 3.40. The summed E-state index contributed by atoms with van der Waals surface area (Å²) in [6, 6.07) is 15.1. The Morgan fingerprint density at radius 2 is 1.82 bits per heavy atom. The molecule has 0 spiro atoms. The van der Waals surface area contributed by atoms with Crippen LogP contribution in [0.4, 0.5) is 21.9 Å². The summed E-state index contributed by atoms with van der Waals surface area (Å²) in [6.07, 6.45) is 1.28. The SMILES string of the molecule is O=C(COc1ccc(/C=C2/C(=O)NC(=O)N(c3ccc([N+](=O)[O-])cc3)C2=O)cc1Br)Nc1ccccc1Cl. The lowest BCUT2D eigenvalue weighted by molar-refractivity contribution is -0.384. The van der Waals surface area contributed by atoms with E-state index in [9.17, 15) is 29.3 Å². The van der Waals surface area contributed by atoms with E-state index >= 15 is 0 Å². The number of urea groups is 1. The van der Waals surface area contributed by atoms with Gasteiger partial charge >= 0.3 is 6.03 Å². The first-order valence-electron chi connectivity index (χ1n) is 10.8. The van der Waals surface area contributed by atoms with Crippen LogP contribution in [-0.2, 0) is 14.4 Å². The Morgan fingerprint density at radius 1 is 1.11 bits per heavy atom. The van der Waals surface area contributed by atoms with Gasteiger partial charge in [-0.1, -0.05) is 29.8 Å². The molecular formula is C25H16BrClN4O7. The molecule has 0 bridgehead atoms. The summed E-state index contributed by atoms with van der Waals surface area (Å²) in [7, 11) is 0.